The fraction of sp³-hybridized carbons (Fsp3) is 0.538. The quantitative estimate of drug-likeness (QED) is 0.532. The second kappa shape index (κ2) is 8.76. The summed E-state index contributed by atoms with van der Waals surface area (Å²) in [5.41, 5.74) is 2.30. The molecule has 2 aromatic rings. The van der Waals surface area contributed by atoms with Crippen molar-refractivity contribution in [1.29, 1.82) is 0 Å². The number of nitrogens with one attached hydrogen (secondary N) is 1. The predicted octanol–water partition coefficient (Wildman–Crippen LogP) is 3.23. The first-order valence-electron chi connectivity index (χ1n) is 12.7. The molecule has 7 atom stereocenters. The average molecular weight is 528 g/mol. The summed E-state index contributed by atoms with van der Waals surface area (Å²) in [4.78, 5) is 57.7. The van der Waals surface area contributed by atoms with Gasteiger partial charge in [-0.25, -0.2) is 0 Å². The van der Waals surface area contributed by atoms with Crippen molar-refractivity contribution in [3.05, 3.63) is 44.4 Å². The van der Waals surface area contributed by atoms with E-state index in [0.717, 1.165) is 40.7 Å². The van der Waals surface area contributed by atoms with Crippen molar-refractivity contribution in [2.75, 3.05) is 24.5 Å². The number of carboxylic acid groups (broad SMARTS) is 1. The van der Waals surface area contributed by atoms with Crippen molar-refractivity contribution in [1.82, 2.24) is 9.88 Å². The fourth-order valence-corrected chi connectivity index (χ4v) is 10.2. The summed E-state index contributed by atoms with van der Waals surface area (Å²) >= 11 is 2.92. The Morgan fingerprint density at radius 3 is 2.39 bits per heavy atom. The lowest BCUT2D eigenvalue weighted by Gasteiger charge is -2.43. The number of H-pyrrole nitrogens is 1. The Hall–Kier alpha value is -2.59. The molecule has 6 rings (SSSR count). The molecule has 2 aliphatic heterocycles. The average Bonchev–Trinajstić information content (AvgIpc) is 3.58. The zero-order valence-electron chi connectivity index (χ0n) is 20.2. The molecule has 2 N–H and O–H groups in total. The minimum absolute atomic E-state index is 0.00660. The van der Waals surface area contributed by atoms with E-state index in [2.05, 4.69) is 48.0 Å². The van der Waals surface area contributed by atoms with Crippen molar-refractivity contribution in [2.24, 2.45) is 29.6 Å². The Kier molecular flexibility index (Phi) is 5.79. The van der Waals surface area contributed by atoms with Crippen LogP contribution in [0.25, 0.3) is 0 Å². The largest absolute Gasteiger partial charge is 0.481 e. The van der Waals surface area contributed by atoms with Crippen LogP contribution in [-0.2, 0) is 14.4 Å². The number of carbonyl (C=O) groups is 3. The van der Waals surface area contributed by atoms with Gasteiger partial charge in [-0.2, -0.15) is 0 Å². The highest BCUT2D eigenvalue weighted by Crippen LogP contribution is 2.68. The number of nitrogens with zero attached hydrogens (tertiary/aromatic N) is 2. The third kappa shape index (κ3) is 3.40. The van der Waals surface area contributed by atoms with E-state index in [1.165, 1.54) is 16.2 Å². The van der Waals surface area contributed by atoms with Crippen LogP contribution in [-0.4, -0.2) is 57.7 Å². The zero-order chi connectivity index (χ0) is 25.3. The van der Waals surface area contributed by atoms with Crippen LogP contribution in [0.15, 0.2) is 34.1 Å². The summed E-state index contributed by atoms with van der Waals surface area (Å²) < 4.78 is 0. The number of thiazole rings is 1. The highest BCUT2D eigenvalue weighted by atomic mass is 32.2. The van der Waals surface area contributed by atoms with Gasteiger partial charge >= 0.3 is 10.8 Å². The van der Waals surface area contributed by atoms with Gasteiger partial charge in [0.05, 0.1) is 23.3 Å². The van der Waals surface area contributed by atoms with E-state index in [9.17, 15) is 19.2 Å². The lowest BCUT2D eigenvalue weighted by Crippen LogP contribution is -2.42. The second-order valence-electron chi connectivity index (χ2n) is 10.2. The third-order valence-corrected chi connectivity index (χ3v) is 11.3. The fourth-order valence-electron chi connectivity index (χ4n) is 7.36. The number of aliphatic carboxylic acids is 1. The molecule has 2 aliphatic carbocycles. The minimum Gasteiger partial charge on any atom is -0.481 e. The van der Waals surface area contributed by atoms with Crippen LogP contribution in [0.3, 0.4) is 0 Å². The van der Waals surface area contributed by atoms with Gasteiger partial charge in [0.25, 0.3) is 0 Å². The topological polar surface area (TPSA) is 111 Å². The molecule has 2 amide bonds. The molecule has 1 saturated heterocycles. The summed E-state index contributed by atoms with van der Waals surface area (Å²) in [6, 6.07) is 8.59. The van der Waals surface area contributed by atoms with Crippen LogP contribution >= 0.6 is 23.1 Å². The van der Waals surface area contributed by atoms with Gasteiger partial charge in [-0.05, 0) is 55.7 Å². The van der Waals surface area contributed by atoms with Gasteiger partial charge in [-0.3, -0.25) is 24.1 Å². The van der Waals surface area contributed by atoms with Crippen LogP contribution in [0.5, 0.6) is 0 Å². The number of fused-ring (bicyclic) bond motifs is 9. The Morgan fingerprint density at radius 1 is 1.08 bits per heavy atom. The van der Waals surface area contributed by atoms with Crippen molar-refractivity contribution < 1.29 is 19.5 Å². The molecule has 8 nitrogen and oxygen atoms in total. The Balaban J connectivity index is 1.38. The molecule has 2 saturated carbocycles. The number of thioether (sulfide) groups is 1. The highest BCUT2D eigenvalue weighted by molar-refractivity contribution is 8.00. The number of amides is 2. The van der Waals surface area contributed by atoms with Crippen molar-refractivity contribution in [3.8, 4) is 0 Å². The number of benzene rings is 1. The number of anilines is 1. The van der Waals surface area contributed by atoms with E-state index in [-0.39, 0.29) is 70.4 Å². The van der Waals surface area contributed by atoms with Crippen LogP contribution in [0.4, 0.5) is 5.69 Å². The van der Waals surface area contributed by atoms with E-state index >= 15 is 0 Å². The molecular formula is C26H29N3O5S2. The van der Waals surface area contributed by atoms with E-state index in [0.29, 0.717) is 0 Å². The van der Waals surface area contributed by atoms with Crippen molar-refractivity contribution >= 4 is 46.6 Å². The van der Waals surface area contributed by atoms with Gasteiger partial charge in [-0.1, -0.05) is 23.5 Å². The molecule has 36 heavy (non-hydrogen) atoms. The van der Waals surface area contributed by atoms with E-state index in [4.69, 9.17) is 5.11 Å². The van der Waals surface area contributed by atoms with Gasteiger partial charge < -0.3 is 15.0 Å². The maximum absolute atomic E-state index is 13.4. The number of likely N-dealkylation sites (tertiary alicyclic amines) is 1. The first kappa shape index (κ1) is 23.8. The van der Waals surface area contributed by atoms with Crippen LogP contribution in [0.2, 0.25) is 0 Å². The second-order valence-corrected chi connectivity index (χ2v) is 12.4. The molecule has 4 aliphatic rings. The lowest BCUT2D eigenvalue weighted by molar-refractivity contribution is -0.142. The number of aromatic amines is 1. The number of hydrogen-bond donors (Lipinski definition) is 2. The molecule has 3 heterocycles. The van der Waals surface area contributed by atoms with Gasteiger partial charge in [-0.15, -0.1) is 11.8 Å². The standard InChI is InChI=1S/C26H29N3O5S2/c1-3-28(4-2)13-7-5-12(6-8-13)17-18-14-11-15(21(18)35-23-22(17)36-26(34)27-23)20-19(14)24(32)29(25(20)33)10-9-16(30)31/h5-8,14-15,17-21H,3-4,9-11H2,1-2H3,(H,27,34)(H,30,31)/t14-,15+,17-,18-,19+,20-,21-/m1/s1. The maximum atomic E-state index is 13.4. The van der Waals surface area contributed by atoms with E-state index in [1.54, 1.807) is 11.8 Å². The molecule has 2 bridgehead atoms. The van der Waals surface area contributed by atoms with Gasteiger partial charge in [0, 0.05) is 41.4 Å². The number of carboxylic acids is 1. The van der Waals surface area contributed by atoms with Gasteiger partial charge in [0.15, 0.2) is 0 Å². The number of imide groups is 1. The summed E-state index contributed by atoms with van der Waals surface area (Å²) in [6.07, 6.45) is 0.600. The third-order valence-electron chi connectivity index (χ3n) is 8.75. The maximum Gasteiger partial charge on any atom is 0.305 e. The van der Waals surface area contributed by atoms with Crippen LogP contribution in [0.1, 0.15) is 43.0 Å². The summed E-state index contributed by atoms with van der Waals surface area (Å²) in [5, 5.41) is 10.1. The molecule has 0 spiro atoms. The number of aromatic nitrogens is 1. The molecule has 1 aromatic carbocycles. The Labute approximate surface area is 217 Å². The van der Waals surface area contributed by atoms with Crippen molar-refractivity contribution in [2.45, 2.75) is 42.9 Å². The lowest BCUT2D eigenvalue weighted by atomic mass is 9.68. The summed E-state index contributed by atoms with van der Waals surface area (Å²) in [6.45, 7) is 6.06. The van der Waals surface area contributed by atoms with E-state index < -0.39 is 5.97 Å². The monoisotopic (exact) mass is 527 g/mol. The molecule has 3 fully saturated rings. The van der Waals surface area contributed by atoms with Crippen molar-refractivity contribution in [3.63, 3.8) is 0 Å². The highest BCUT2D eigenvalue weighted by Gasteiger charge is 2.69. The molecule has 0 radical (unpaired) electrons. The number of hydrogen-bond acceptors (Lipinski definition) is 7. The molecule has 10 heteroatoms. The first-order valence-corrected chi connectivity index (χ1v) is 14.3. The Morgan fingerprint density at radius 2 is 1.75 bits per heavy atom. The minimum atomic E-state index is -1.01. The predicted molar refractivity (Wildman–Crippen MR) is 137 cm³/mol. The number of rotatable bonds is 7. The number of carbonyl (C=O) groups excluding carboxylic acids is 2. The van der Waals surface area contributed by atoms with E-state index in [1.807, 2.05) is 0 Å². The smallest absolute Gasteiger partial charge is 0.305 e. The summed E-state index contributed by atoms with van der Waals surface area (Å²) in [5.74, 6) is -1.94. The normalized spacial score (nSPS) is 31.9. The molecule has 190 valence electrons. The molecular weight excluding hydrogens is 498 g/mol. The zero-order valence-corrected chi connectivity index (χ0v) is 21.8. The van der Waals surface area contributed by atoms with Crippen LogP contribution < -0.4 is 9.77 Å². The Bertz CT molecular complexity index is 1280. The molecule has 0 unspecified atom stereocenters. The SMILES string of the molecule is CCN(CC)c1ccc([C@H]2c3sc(=O)[nH]c3S[C@@H]3[C@H]4C[C@@H]([C@@H]5C(=O)N(CCC(=O)O)C(=O)[C@H]45)[C@H]23)cc1. The van der Waals surface area contributed by atoms with Gasteiger partial charge in [0.1, 0.15) is 0 Å². The first-order chi connectivity index (χ1) is 17.3. The van der Waals surface area contributed by atoms with Gasteiger partial charge in [0.2, 0.25) is 11.8 Å². The molecule has 1 aromatic heterocycles. The van der Waals surface area contributed by atoms with Crippen LogP contribution in [0, 0.1) is 29.6 Å². The summed E-state index contributed by atoms with van der Waals surface area (Å²) in [7, 11) is 0.